The molecule has 7 heteroatoms. The molecule has 1 aliphatic heterocycles. The summed E-state index contributed by atoms with van der Waals surface area (Å²) in [6.45, 7) is 14.4. The zero-order valence-electron chi connectivity index (χ0n) is 16.7. The average molecular weight is 374 g/mol. The molecule has 1 aromatic heterocycles. The summed E-state index contributed by atoms with van der Waals surface area (Å²) >= 11 is 0. The van der Waals surface area contributed by atoms with Crippen molar-refractivity contribution in [1.29, 1.82) is 0 Å². The van der Waals surface area contributed by atoms with Crippen molar-refractivity contribution in [2.75, 3.05) is 39.3 Å². The number of aryl methyl sites for hydroxylation is 1. The Morgan fingerprint density at radius 3 is 2.37 bits per heavy atom. The minimum atomic E-state index is -0.279. The summed E-state index contributed by atoms with van der Waals surface area (Å²) in [5.41, 5.74) is 2.61. The van der Waals surface area contributed by atoms with E-state index in [0.29, 0.717) is 24.3 Å². The van der Waals surface area contributed by atoms with Crippen molar-refractivity contribution in [2.24, 2.45) is 0 Å². The van der Waals surface area contributed by atoms with E-state index in [4.69, 9.17) is 0 Å². The van der Waals surface area contributed by atoms with Gasteiger partial charge in [0, 0.05) is 44.0 Å². The monoisotopic (exact) mass is 374 g/mol. The first kappa shape index (κ1) is 21.1. The molecule has 1 atom stereocenters. The second kappa shape index (κ2) is 9.10. The molecule has 7 nitrogen and oxygen atoms in total. The highest BCUT2D eigenvalue weighted by molar-refractivity contribution is 6.05. The standard InChI is InChI=1S/C20H30N4O3/c1-6-7-21-17(26)12-23-8-10-24(11-9-23)15(4)20(27)19-13(2)18(16(5)25)14(3)22-19/h6,15,22H,1,7-12H2,2-5H3,(H,21,26). The van der Waals surface area contributed by atoms with E-state index >= 15 is 0 Å². The van der Waals surface area contributed by atoms with Gasteiger partial charge in [-0.25, -0.2) is 0 Å². The Kier molecular flexibility index (Phi) is 7.10. The van der Waals surface area contributed by atoms with Gasteiger partial charge in [0.05, 0.1) is 18.3 Å². The smallest absolute Gasteiger partial charge is 0.234 e. The van der Waals surface area contributed by atoms with E-state index < -0.39 is 0 Å². The molecule has 1 aromatic rings. The van der Waals surface area contributed by atoms with Crippen LogP contribution in [-0.2, 0) is 4.79 Å². The summed E-state index contributed by atoms with van der Waals surface area (Å²) in [5, 5.41) is 2.78. The predicted molar refractivity (Wildman–Crippen MR) is 105 cm³/mol. The Bertz CT molecular complexity index is 730. The van der Waals surface area contributed by atoms with Crippen LogP contribution in [0.1, 0.15) is 46.0 Å². The summed E-state index contributed by atoms with van der Waals surface area (Å²) in [6, 6.07) is -0.279. The molecule has 0 bridgehead atoms. The number of rotatable bonds is 8. The topological polar surface area (TPSA) is 85.5 Å². The fraction of sp³-hybridized carbons (Fsp3) is 0.550. The second-order valence-corrected chi connectivity index (χ2v) is 7.13. The van der Waals surface area contributed by atoms with Gasteiger partial charge in [0.25, 0.3) is 0 Å². The van der Waals surface area contributed by atoms with Crippen LogP contribution in [0.15, 0.2) is 12.7 Å². The van der Waals surface area contributed by atoms with Crippen molar-refractivity contribution in [2.45, 2.75) is 33.7 Å². The zero-order chi connectivity index (χ0) is 20.1. The van der Waals surface area contributed by atoms with Gasteiger partial charge in [-0.1, -0.05) is 6.08 Å². The SMILES string of the molecule is C=CCNC(=O)CN1CCN(C(C)C(=O)c2[nH]c(C)c(C(C)=O)c2C)CC1. The van der Waals surface area contributed by atoms with Crippen LogP contribution >= 0.6 is 0 Å². The number of nitrogens with zero attached hydrogens (tertiary/aromatic N) is 2. The van der Waals surface area contributed by atoms with Gasteiger partial charge in [0.1, 0.15) is 0 Å². The van der Waals surface area contributed by atoms with Crippen LogP contribution in [0, 0.1) is 13.8 Å². The van der Waals surface area contributed by atoms with Crippen LogP contribution in [0.4, 0.5) is 0 Å². The molecule has 1 amide bonds. The van der Waals surface area contributed by atoms with E-state index in [1.807, 2.05) is 20.8 Å². The molecule has 1 unspecified atom stereocenters. The highest BCUT2D eigenvalue weighted by atomic mass is 16.2. The Morgan fingerprint density at radius 1 is 1.22 bits per heavy atom. The summed E-state index contributed by atoms with van der Waals surface area (Å²) in [6.07, 6.45) is 1.66. The normalized spacial score (nSPS) is 16.7. The first-order chi connectivity index (χ1) is 12.8. The lowest BCUT2D eigenvalue weighted by atomic mass is 10.0. The third-order valence-corrected chi connectivity index (χ3v) is 5.18. The van der Waals surface area contributed by atoms with Crippen LogP contribution in [0.5, 0.6) is 0 Å². The molecule has 0 radical (unpaired) electrons. The number of H-pyrrole nitrogens is 1. The number of aromatic amines is 1. The number of piperazine rings is 1. The molecule has 2 rings (SSSR count). The minimum absolute atomic E-state index is 0.000256. The van der Waals surface area contributed by atoms with Gasteiger partial charge >= 0.3 is 0 Å². The van der Waals surface area contributed by atoms with Crippen LogP contribution in [0.25, 0.3) is 0 Å². The molecular formula is C20H30N4O3. The van der Waals surface area contributed by atoms with Crippen molar-refractivity contribution in [3.05, 3.63) is 35.2 Å². The van der Waals surface area contributed by atoms with Crippen molar-refractivity contribution in [3.8, 4) is 0 Å². The number of hydrogen-bond acceptors (Lipinski definition) is 5. The maximum atomic E-state index is 13.0. The van der Waals surface area contributed by atoms with Crippen molar-refractivity contribution < 1.29 is 14.4 Å². The Labute approximate surface area is 160 Å². The zero-order valence-corrected chi connectivity index (χ0v) is 16.7. The van der Waals surface area contributed by atoms with Crippen LogP contribution in [0.3, 0.4) is 0 Å². The molecule has 27 heavy (non-hydrogen) atoms. The van der Waals surface area contributed by atoms with Gasteiger partial charge in [0.15, 0.2) is 11.6 Å². The molecule has 2 heterocycles. The summed E-state index contributed by atoms with van der Waals surface area (Å²) in [5.74, 6) is -0.0432. The molecule has 148 valence electrons. The Hall–Kier alpha value is -2.25. The summed E-state index contributed by atoms with van der Waals surface area (Å²) in [7, 11) is 0. The molecule has 1 fully saturated rings. The van der Waals surface area contributed by atoms with Gasteiger partial charge < -0.3 is 10.3 Å². The first-order valence-electron chi connectivity index (χ1n) is 9.34. The summed E-state index contributed by atoms with van der Waals surface area (Å²) < 4.78 is 0. The third kappa shape index (κ3) is 4.93. The van der Waals surface area contributed by atoms with Gasteiger partial charge in [-0.15, -0.1) is 6.58 Å². The van der Waals surface area contributed by atoms with Gasteiger partial charge in [-0.05, 0) is 33.3 Å². The maximum Gasteiger partial charge on any atom is 0.234 e. The van der Waals surface area contributed by atoms with E-state index in [-0.39, 0.29) is 23.5 Å². The number of nitrogens with one attached hydrogen (secondary N) is 2. The summed E-state index contributed by atoms with van der Waals surface area (Å²) in [4.78, 5) is 43.9. The van der Waals surface area contributed by atoms with Crippen molar-refractivity contribution in [3.63, 3.8) is 0 Å². The number of Topliss-reactive ketones (excluding diaryl/α,β-unsaturated/α-hetero) is 2. The van der Waals surface area contributed by atoms with E-state index in [2.05, 4.69) is 26.7 Å². The fourth-order valence-electron chi connectivity index (χ4n) is 3.65. The lowest BCUT2D eigenvalue weighted by Crippen LogP contribution is -2.53. The van der Waals surface area contributed by atoms with Gasteiger partial charge in [-0.3, -0.25) is 24.2 Å². The van der Waals surface area contributed by atoms with E-state index in [9.17, 15) is 14.4 Å². The lowest BCUT2D eigenvalue weighted by molar-refractivity contribution is -0.122. The molecule has 1 aliphatic rings. The molecule has 2 N–H and O–H groups in total. The number of ketones is 2. The number of aromatic nitrogens is 1. The number of hydrogen-bond donors (Lipinski definition) is 2. The number of carbonyl (C=O) groups excluding carboxylic acids is 3. The highest BCUT2D eigenvalue weighted by Crippen LogP contribution is 2.21. The maximum absolute atomic E-state index is 13.0. The molecule has 0 spiro atoms. The molecule has 0 aromatic carbocycles. The van der Waals surface area contributed by atoms with E-state index in [1.54, 1.807) is 6.08 Å². The average Bonchev–Trinajstić information content (AvgIpc) is 2.93. The molecule has 1 saturated heterocycles. The van der Waals surface area contributed by atoms with E-state index in [0.717, 1.165) is 37.4 Å². The quantitative estimate of drug-likeness (QED) is 0.530. The predicted octanol–water partition coefficient (Wildman–Crippen LogP) is 1.33. The van der Waals surface area contributed by atoms with Crippen LogP contribution < -0.4 is 5.32 Å². The second-order valence-electron chi connectivity index (χ2n) is 7.13. The Morgan fingerprint density at radius 2 is 1.85 bits per heavy atom. The number of amides is 1. The number of carbonyl (C=O) groups is 3. The Balaban J connectivity index is 1.96. The highest BCUT2D eigenvalue weighted by Gasteiger charge is 2.29. The van der Waals surface area contributed by atoms with Crippen LogP contribution in [-0.4, -0.2) is 77.6 Å². The largest absolute Gasteiger partial charge is 0.355 e. The third-order valence-electron chi connectivity index (χ3n) is 5.18. The van der Waals surface area contributed by atoms with Gasteiger partial charge in [0.2, 0.25) is 5.91 Å². The van der Waals surface area contributed by atoms with E-state index in [1.165, 1.54) is 6.92 Å². The fourth-order valence-corrected chi connectivity index (χ4v) is 3.65. The minimum Gasteiger partial charge on any atom is -0.355 e. The molecular weight excluding hydrogens is 344 g/mol. The molecule has 0 saturated carbocycles. The lowest BCUT2D eigenvalue weighted by Gasteiger charge is -2.37. The first-order valence-corrected chi connectivity index (χ1v) is 9.34. The van der Waals surface area contributed by atoms with Crippen molar-refractivity contribution in [1.82, 2.24) is 20.1 Å². The van der Waals surface area contributed by atoms with Crippen LogP contribution in [0.2, 0.25) is 0 Å². The van der Waals surface area contributed by atoms with Crippen molar-refractivity contribution >= 4 is 17.5 Å². The van der Waals surface area contributed by atoms with Gasteiger partial charge in [-0.2, -0.15) is 0 Å². The molecule has 0 aliphatic carbocycles.